The van der Waals surface area contributed by atoms with Crippen LogP contribution in [-0.2, 0) is 4.79 Å². The summed E-state index contributed by atoms with van der Waals surface area (Å²) in [6.07, 6.45) is 2.32. The number of carboxylic acid groups (broad SMARTS) is 1. The standard InChI is InChI=1S/C13H28N2O2/c1-5-11(6-2)9-15(8-4)10-12(13(16)17)14-7-3/h11-12,14H,5-10H2,1-4H3,(H,16,17). The van der Waals surface area contributed by atoms with Crippen LogP contribution in [0, 0.1) is 5.92 Å². The molecule has 0 amide bonds. The maximum atomic E-state index is 11.1. The van der Waals surface area contributed by atoms with E-state index < -0.39 is 12.0 Å². The fourth-order valence-electron chi connectivity index (χ4n) is 1.98. The van der Waals surface area contributed by atoms with E-state index in [1.165, 1.54) is 0 Å². The predicted octanol–water partition coefficient (Wildman–Crippen LogP) is 1.81. The van der Waals surface area contributed by atoms with Crippen LogP contribution in [0.2, 0.25) is 0 Å². The maximum absolute atomic E-state index is 11.1. The van der Waals surface area contributed by atoms with E-state index in [1.807, 2.05) is 6.92 Å². The van der Waals surface area contributed by atoms with Crippen LogP contribution < -0.4 is 5.32 Å². The van der Waals surface area contributed by atoms with Gasteiger partial charge in [-0.05, 0) is 19.0 Å². The number of carboxylic acids is 1. The molecule has 2 N–H and O–H groups in total. The molecule has 0 saturated carbocycles. The lowest BCUT2D eigenvalue weighted by Crippen LogP contribution is -2.47. The monoisotopic (exact) mass is 244 g/mol. The molecule has 1 unspecified atom stereocenters. The Bertz CT molecular complexity index is 206. The van der Waals surface area contributed by atoms with Gasteiger partial charge in [0.05, 0.1) is 0 Å². The third-order valence-corrected chi connectivity index (χ3v) is 3.31. The fraction of sp³-hybridized carbons (Fsp3) is 0.923. The van der Waals surface area contributed by atoms with Crippen molar-refractivity contribution >= 4 is 5.97 Å². The Balaban J connectivity index is 4.29. The van der Waals surface area contributed by atoms with E-state index in [-0.39, 0.29) is 0 Å². The molecule has 0 heterocycles. The first-order valence-electron chi connectivity index (χ1n) is 6.77. The predicted molar refractivity (Wildman–Crippen MR) is 71.3 cm³/mol. The highest BCUT2D eigenvalue weighted by Crippen LogP contribution is 2.10. The van der Waals surface area contributed by atoms with Crippen LogP contribution in [0.1, 0.15) is 40.5 Å². The number of aliphatic carboxylic acids is 1. The average molecular weight is 244 g/mol. The van der Waals surface area contributed by atoms with Gasteiger partial charge in [-0.1, -0.05) is 40.5 Å². The molecule has 0 fully saturated rings. The molecule has 4 nitrogen and oxygen atoms in total. The Morgan fingerprint density at radius 2 is 1.76 bits per heavy atom. The lowest BCUT2D eigenvalue weighted by atomic mass is 10.0. The first-order chi connectivity index (χ1) is 8.08. The van der Waals surface area contributed by atoms with Gasteiger partial charge in [0.2, 0.25) is 0 Å². The van der Waals surface area contributed by atoms with E-state index >= 15 is 0 Å². The van der Waals surface area contributed by atoms with Gasteiger partial charge in [-0.2, -0.15) is 0 Å². The Hall–Kier alpha value is -0.610. The molecule has 0 aliphatic rings. The molecule has 0 aliphatic carbocycles. The second-order valence-electron chi connectivity index (χ2n) is 4.48. The Morgan fingerprint density at radius 3 is 2.12 bits per heavy atom. The summed E-state index contributed by atoms with van der Waals surface area (Å²) < 4.78 is 0. The summed E-state index contributed by atoms with van der Waals surface area (Å²) in [5, 5.41) is 12.1. The second kappa shape index (κ2) is 9.42. The van der Waals surface area contributed by atoms with Crippen molar-refractivity contribution in [1.82, 2.24) is 10.2 Å². The Kier molecular flexibility index (Phi) is 9.09. The molecular weight excluding hydrogens is 216 g/mol. The molecule has 0 aromatic heterocycles. The number of hydrogen-bond acceptors (Lipinski definition) is 3. The molecule has 1 atom stereocenters. The van der Waals surface area contributed by atoms with Crippen molar-refractivity contribution in [3.8, 4) is 0 Å². The largest absolute Gasteiger partial charge is 0.480 e. The average Bonchev–Trinajstić information content (AvgIpc) is 2.32. The van der Waals surface area contributed by atoms with Crippen molar-refractivity contribution in [2.75, 3.05) is 26.2 Å². The zero-order chi connectivity index (χ0) is 13.3. The number of likely N-dealkylation sites (N-methyl/N-ethyl adjacent to an activating group) is 2. The van der Waals surface area contributed by atoms with Crippen molar-refractivity contribution in [3.05, 3.63) is 0 Å². The molecule has 0 saturated heterocycles. The molecular formula is C13H28N2O2. The van der Waals surface area contributed by atoms with Gasteiger partial charge in [-0.3, -0.25) is 4.79 Å². The van der Waals surface area contributed by atoms with E-state index in [4.69, 9.17) is 5.11 Å². The minimum atomic E-state index is -0.755. The summed E-state index contributed by atoms with van der Waals surface area (Å²) in [5.41, 5.74) is 0. The van der Waals surface area contributed by atoms with Crippen molar-refractivity contribution in [2.24, 2.45) is 5.92 Å². The van der Waals surface area contributed by atoms with Crippen LogP contribution in [-0.4, -0.2) is 48.2 Å². The highest BCUT2D eigenvalue weighted by molar-refractivity contribution is 5.73. The van der Waals surface area contributed by atoms with Gasteiger partial charge in [0.25, 0.3) is 0 Å². The highest BCUT2D eigenvalue weighted by Gasteiger charge is 2.20. The zero-order valence-electron chi connectivity index (χ0n) is 11.7. The van der Waals surface area contributed by atoms with Crippen LogP contribution >= 0.6 is 0 Å². The van der Waals surface area contributed by atoms with Crippen molar-refractivity contribution in [2.45, 2.75) is 46.6 Å². The third-order valence-electron chi connectivity index (χ3n) is 3.31. The third kappa shape index (κ3) is 6.64. The summed E-state index contributed by atoms with van der Waals surface area (Å²) in [6.45, 7) is 11.6. The molecule has 0 spiro atoms. The second-order valence-corrected chi connectivity index (χ2v) is 4.48. The number of carbonyl (C=O) groups is 1. The van der Waals surface area contributed by atoms with Crippen LogP contribution in [0.5, 0.6) is 0 Å². The van der Waals surface area contributed by atoms with E-state index in [0.29, 0.717) is 19.0 Å². The Morgan fingerprint density at radius 1 is 1.18 bits per heavy atom. The van der Waals surface area contributed by atoms with E-state index in [2.05, 4.69) is 31.0 Å². The van der Waals surface area contributed by atoms with Crippen LogP contribution in [0.25, 0.3) is 0 Å². The first kappa shape index (κ1) is 16.4. The fourth-order valence-corrected chi connectivity index (χ4v) is 1.98. The minimum Gasteiger partial charge on any atom is -0.480 e. The minimum absolute atomic E-state index is 0.450. The van der Waals surface area contributed by atoms with E-state index in [9.17, 15) is 4.79 Å². The van der Waals surface area contributed by atoms with Gasteiger partial charge in [0, 0.05) is 13.1 Å². The highest BCUT2D eigenvalue weighted by atomic mass is 16.4. The number of nitrogens with one attached hydrogen (secondary N) is 1. The lowest BCUT2D eigenvalue weighted by Gasteiger charge is -2.28. The van der Waals surface area contributed by atoms with Crippen molar-refractivity contribution in [1.29, 1.82) is 0 Å². The van der Waals surface area contributed by atoms with Crippen LogP contribution in [0.15, 0.2) is 0 Å². The smallest absolute Gasteiger partial charge is 0.322 e. The van der Waals surface area contributed by atoms with Crippen LogP contribution in [0.3, 0.4) is 0 Å². The quantitative estimate of drug-likeness (QED) is 0.615. The van der Waals surface area contributed by atoms with Crippen molar-refractivity contribution < 1.29 is 9.90 Å². The molecule has 0 aromatic rings. The molecule has 0 bridgehead atoms. The van der Waals surface area contributed by atoms with E-state index in [1.54, 1.807) is 0 Å². The molecule has 4 heteroatoms. The number of hydrogen-bond donors (Lipinski definition) is 2. The summed E-state index contributed by atoms with van der Waals surface area (Å²) in [4.78, 5) is 13.3. The number of nitrogens with zero attached hydrogens (tertiary/aromatic N) is 1. The lowest BCUT2D eigenvalue weighted by molar-refractivity contribution is -0.140. The van der Waals surface area contributed by atoms with Gasteiger partial charge in [0.1, 0.15) is 6.04 Å². The molecule has 102 valence electrons. The molecule has 0 aromatic carbocycles. The van der Waals surface area contributed by atoms with Gasteiger partial charge in [0.15, 0.2) is 0 Å². The van der Waals surface area contributed by atoms with Gasteiger partial charge < -0.3 is 15.3 Å². The number of rotatable bonds is 10. The van der Waals surface area contributed by atoms with Crippen molar-refractivity contribution in [3.63, 3.8) is 0 Å². The topological polar surface area (TPSA) is 52.6 Å². The first-order valence-corrected chi connectivity index (χ1v) is 6.77. The Labute approximate surface area is 105 Å². The van der Waals surface area contributed by atoms with Gasteiger partial charge in [-0.15, -0.1) is 0 Å². The SMILES string of the molecule is CCNC(CN(CC)CC(CC)CC)C(=O)O. The molecule has 0 aliphatic heterocycles. The van der Waals surface area contributed by atoms with Gasteiger partial charge in [-0.25, -0.2) is 0 Å². The summed E-state index contributed by atoms with van der Waals surface area (Å²) in [6, 6.07) is -0.450. The van der Waals surface area contributed by atoms with Gasteiger partial charge >= 0.3 is 5.97 Å². The normalized spacial score (nSPS) is 13.3. The molecule has 0 rings (SSSR count). The maximum Gasteiger partial charge on any atom is 0.322 e. The van der Waals surface area contributed by atoms with E-state index in [0.717, 1.165) is 25.9 Å². The summed E-state index contributed by atoms with van der Waals surface area (Å²) >= 11 is 0. The summed E-state index contributed by atoms with van der Waals surface area (Å²) in [7, 11) is 0. The molecule has 17 heavy (non-hydrogen) atoms. The van der Waals surface area contributed by atoms with Crippen LogP contribution in [0.4, 0.5) is 0 Å². The molecule has 0 radical (unpaired) electrons. The zero-order valence-corrected chi connectivity index (χ0v) is 11.7. The summed E-state index contributed by atoms with van der Waals surface area (Å²) in [5.74, 6) is -0.0825.